The maximum absolute atomic E-state index is 12.9. The lowest BCUT2D eigenvalue weighted by atomic mass is 9.95. The average Bonchev–Trinajstić information content (AvgIpc) is 2.83. The minimum atomic E-state index is -0.412. The molecular weight excluding hydrogens is 384 g/mol. The molecule has 0 spiro atoms. The molecule has 0 aliphatic heterocycles. The topological polar surface area (TPSA) is 62.2 Å². The van der Waals surface area contributed by atoms with Crippen molar-refractivity contribution < 1.29 is 9.90 Å². The van der Waals surface area contributed by atoms with Crippen LogP contribution in [0.5, 0.6) is 0 Å². The first-order valence-electron chi connectivity index (χ1n) is 10.6. The Kier molecular flexibility index (Phi) is 6.39. The SMILES string of the molecule is CC(Cc1cc(-c2ccccc2)nc2ccccc12)C(=O)NC(CO)c1ccccc1. The van der Waals surface area contributed by atoms with Gasteiger partial charge in [0, 0.05) is 16.9 Å². The molecule has 3 aromatic carbocycles. The summed E-state index contributed by atoms with van der Waals surface area (Å²) < 4.78 is 0. The van der Waals surface area contributed by atoms with Crippen molar-refractivity contribution in [3.05, 3.63) is 102 Å². The molecule has 1 heterocycles. The second-order valence-corrected chi connectivity index (χ2v) is 7.81. The summed E-state index contributed by atoms with van der Waals surface area (Å²) in [5.41, 5.74) is 4.86. The van der Waals surface area contributed by atoms with Gasteiger partial charge >= 0.3 is 0 Å². The van der Waals surface area contributed by atoms with Crippen LogP contribution in [-0.4, -0.2) is 22.6 Å². The van der Waals surface area contributed by atoms with Crippen molar-refractivity contribution in [1.82, 2.24) is 10.3 Å². The molecule has 4 rings (SSSR count). The summed E-state index contributed by atoms with van der Waals surface area (Å²) in [6, 6.07) is 29.3. The Bertz CT molecular complexity index is 1160. The van der Waals surface area contributed by atoms with Crippen LogP contribution in [0.4, 0.5) is 0 Å². The van der Waals surface area contributed by atoms with E-state index in [4.69, 9.17) is 4.98 Å². The van der Waals surface area contributed by atoms with E-state index in [2.05, 4.69) is 17.4 Å². The first kappa shape index (κ1) is 20.8. The third-order valence-electron chi connectivity index (χ3n) is 5.55. The van der Waals surface area contributed by atoms with Gasteiger partial charge in [0.05, 0.1) is 23.9 Å². The van der Waals surface area contributed by atoms with Crippen LogP contribution in [0.2, 0.25) is 0 Å². The third-order valence-corrected chi connectivity index (χ3v) is 5.55. The molecule has 1 aromatic heterocycles. The molecule has 0 bridgehead atoms. The zero-order valence-corrected chi connectivity index (χ0v) is 17.5. The molecule has 0 aliphatic carbocycles. The summed E-state index contributed by atoms with van der Waals surface area (Å²) in [6.07, 6.45) is 0.585. The van der Waals surface area contributed by atoms with Crippen LogP contribution in [0, 0.1) is 5.92 Å². The summed E-state index contributed by atoms with van der Waals surface area (Å²) in [4.78, 5) is 17.8. The molecule has 1 amide bonds. The van der Waals surface area contributed by atoms with E-state index in [9.17, 15) is 9.90 Å². The van der Waals surface area contributed by atoms with Crippen molar-refractivity contribution in [2.24, 2.45) is 5.92 Å². The molecule has 0 saturated carbocycles. The lowest BCUT2D eigenvalue weighted by molar-refractivity contribution is -0.125. The number of nitrogens with one attached hydrogen (secondary N) is 1. The van der Waals surface area contributed by atoms with E-state index in [0.29, 0.717) is 6.42 Å². The number of para-hydroxylation sites is 1. The smallest absolute Gasteiger partial charge is 0.223 e. The Hall–Kier alpha value is -3.50. The molecule has 2 N–H and O–H groups in total. The van der Waals surface area contributed by atoms with E-state index in [0.717, 1.165) is 33.3 Å². The van der Waals surface area contributed by atoms with E-state index >= 15 is 0 Å². The van der Waals surface area contributed by atoms with E-state index in [1.165, 1.54) is 0 Å². The molecule has 2 unspecified atom stereocenters. The number of carbonyl (C=O) groups excluding carboxylic acids is 1. The molecule has 0 saturated heterocycles. The lowest BCUT2D eigenvalue weighted by Crippen LogP contribution is -2.35. The number of amides is 1. The monoisotopic (exact) mass is 410 g/mol. The van der Waals surface area contributed by atoms with E-state index in [1.54, 1.807) is 0 Å². The van der Waals surface area contributed by atoms with Crippen LogP contribution in [0.15, 0.2) is 91.0 Å². The van der Waals surface area contributed by atoms with Crippen molar-refractivity contribution in [1.29, 1.82) is 0 Å². The fourth-order valence-electron chi connectivity index (χ4n) is 3.83. The van der Waals surface area contributed by atoms with Crippen molar-refractivity contribution in [2.75, 3.05) is 6.61 Å². The summed E-state index contributed by atoms with van der Waals surface area (Å²) in [7, 11) is 0. The number of carbonyl (C=O) groups is 1. The minimum Gasteiger partial charge on any atom is -0.394 e. The van der Waals surface area contributed by atoms with Crippen molar-refractivity contribution >= 4 is 16.8 Å². The van der Waals surface area contributed by atoms with E-state index < -0.39 is 6.04 Å². The first-order chi connectivity index (χ1) is 15.2. The summed E-state index contributed by atoms with van der Waals surface area (Å²) >= 11 is 0. The molecule has 4 nitrogen and oxygen atoms in total. The predicted octanol–water partition coefficient (Wildman–Crippen LogP) is 4.93. The number of aliphatic hydroxyl groups is 1. The second-order valence-electron chi connectivity index (χ2n) is 7.81. The second kappa shape index (κ2) is 9.54. The molecule has 2 atom stereocenters. The normalized spacial score (nSPS) is 13.0. The Balaban J connectivity index is 1.59. The van der Waals surface area contributed by atoms with Crippen molar-refractivity contribution in [3.63, 3.8) is 0 Å². The van der Waals surface area contributed by atoms with E-state index in [-0.39, 0.29) is 18.4 Å². The van der Waals surface area contributed by atoms with Gasteiger partial charge in [0.2, 0.25) is 5.91 Å². The molecule has 156 valence electrons. The Labute approximate surface area is 182 Å². The molecule has 4 heteroatoms. The summed E-state index contributed by atoms with van der Waals surface area (Å²) in [5, 5.41) is 13.8. The zero-order chi connectivity index (χ0) is 21.6. The van der Waals surface area contributed by atoms with Gasteiger partial charge in [-0.05, 0) is 29.7 Å². The number of rotatable bonds is 7. The zero-order valence-electron chi connectivity index (χ0n) is 17.5. The molecule has 31 heavy (non-hydrogen) atoms. The Morgan fingerprint density at radius 1 is 0.935 bits per heavy atom. The van der Waals surface area contributed by atoms with Gasteiger partial charge in [-0.15, -0.1) is 0 Å². The predicted molar refractivity (Wildman–Crippen MR) is 124 cm³/mol. The molecule has 0 radical (unpaired) electrons. The number of aliphatic hydroxyl groups excluding tert-OH is 1. The van der Waals surface area contributed by atoms with Crippen LogP contribution < -0.4 is 5.32 Å². The van der Waals surface area contributed by atoms with Crippen LogP contribution in [0.25, 0.3) is 22.2 Å². The number of benzene rings is 3. The number of hydrogen-bond donors (Lipinski definition) is 2. The quantitative estimate of drug-likeness (QED) is 0.454. The summed E-state index contributed by atoms with van der Waals surface area (Å²) in [5.74, 6) is -0.336. The van der Waals surface area contributed by atoms with Gasteiger partial charge in [-0.2, -0.15) is 0 Å². The maximum Gasteiger partial charge on any atom is 0.223 e. The average molecular weight is 411 g/mol. The number of pyridine rings is 1. The van der Waals surface area contributed by atoms with Gasteiger partial charge in [0.25, 0.3) is 0 Å². The number of hydrogen-bond acceptors (Lipinski definition) is 3. The fraction of sp³-hybridized carbons (Fsp3) is 0.185. The molecule has 0 aliphatic rings. The van der Waals surface area contributed by atoms with Gasteiger partial charge in [0.15, 0.2) is 0 Å². The van der Waals surface area contributed by atoms with Gasteiger partial charge in [-0.1, -0.05) is 85.8 Å². The Morgan fingerprint density at radius 2 is 1.58 bits per heavy atom. The molecular formula is C27H26N2O2. The third kappa shape index (κ3) is 4.81. The van der Waals surface area contributed by atoms with Crippen molar-refractivity contribution in [2.45, 2.75) is 19.4 Å². The van der Waals surface area contributed by atoms with Crippen LogP contribution >= 0.6 is 0 Å². The number of nitrogens with zero attached hydrogens (tertiary/aromatic N) is 1. The van der Waals surface area contributed by atoms with Gasteiger partial charge in [-0.25, -0.2) is 4.98 Å². The largest absolute Gasteiger partial charge is 0.394 e. The van der Waals surface area contributed by atoms with Gasteiger partial charge in [0.1, 0.15) is 0 Å². The highest BCUT2D eigenvalue weighted by Crippen LogP contribution is 2.27. The van der Waals surface area contributed by atoms with E-state index in [1.807, 2.05) is 85.8 Å². The maximum atomic E-state index is 12.9. The highest BCUT2D eigenvalue weighted by Gasteiger charge is 2.20. The highest BCUT2D eigenvalue weighted by atomic mass is 16.3. The van der Waals surface area contributed by atoms with Gasteiger partial charge in [-0.3, -0.25) is 4.79 Å². The Morgan fingerprint density at radius 3 is 2.29 bits per heavy atom. The van der Waals surface area contributed by atoms with Crippen molar-refractivity contribution in [3.8, 4) is 11.3 Å². The standard InChI is InChI=1S/C27H26N2O2/c1-19(27(31)29-26(18-30)21-12-6-3-7-13-21)16-22-17-25(20-10-4-2-5-11-20)28-24-15-9-8-14-23(22)24/h2-15,17,19,26,30H,16,18H2,1H3,(H,29,31). The van der Waals surface area contributed by atoms with Gasteiger partial charge < -0.3 is 10.4 Å². The van der Waals surface area contributed by atoms with Crippen LogP contribution in [0.3, 0.4) is 0 Å². The minimum absolute atomic E-state index is 0.0787. The molecule has 4 aromatic rings. The number of aromatic nitrogens is 1. The molecule has 0 fully saturated rings. The summed E-state index contributed by atoms with van der Waals surface area (Å²) in [6.45, 7) is 1.78. The number of fused-ring (bicyclic) bond motifs is 1. The highest BCUT2D eigenvalue weighted by molar-refractivity contribution is 5.86. The first-order valence-corrected chi connectivity index (χ1v) is 10.6. The van der Waals surface area contributed by atoms with Crippen LogP contribution in [-0.2, 0) is 11.2 Å². The lowest BCUT2D eigenvalue weighted by Gasteiger charge is -2.20. The van der Waals surface area contributed by atoms with Crippen LogP contribution in [0.1, 0.15) is 24.1 Å². The fourth-order valence-corrected chi connectivity index (χ4v) is 3.83.